The molecule has 2 aliphatic rings. The minimum Gasteiger partial charge on any atom is -0.499 e. The SMILES string of the molecule is COC1=C(C=NC2CC2)CCNC1. The lowest BCUT2D eigenvalue weighted by molar-refractivity contribution is 0.270. The van der Waals surface area contributed by atoms with Gasteiger partial charge >= 0.3 is 0 Å². The fourth-order valence-corrected chi connectivity index (χ4v) is 1.44. The molecule has 0 spiro atoms. The highest BCUT2D eigenvalue weighted by Crippen LogP contribution is 2.23. The van der Waals surface area contributed by atoms with Crippen LogP contribution in [-0.2, 0) is 4.74 Å². The highest BCUT2D eigenvalue weighted by atomic mass is 16.5. The zero-order valence-electron chi connectivity index (χ0n) is 8.05. The van der Waals surface area contributed by atoms with Crippen LogP contribution in [0.4, 0.5) is 0 Å². The third-order valence-corrected chi connectivity index (χ3v) is 2.45. The summed E-state index contributed by atoms with van der Waals surface area (Å²) in [5.41, 5.74) is 1.27. The van der Waals surface area contributed by atoms with Crippen molar-refractivity contribution in [3.63, 3.8) is 0 Å². The van der Waals surface area contributed by atoms with Crippen LogP contribution in [0.15, 0.2) is 16.3 Å². The van der Waals surface area contributed by atoms with Gasteiger partial charge in [-0.25, -0.2) is 0 Å². The van der Waals surface area contributed by atoms with Crippen molar-refractivity contribution in [1.82, 2.24) is 5.32 Å². The van der Waals surface area contributed by atoms with Gasteiger partial charge in [0.25, 0.3) is 0 Å². The molecule has 0 amide bonds. The number of ether oxygens (including phenoxy) is 1. The molecular formula is C10H16N2O. The third-order valence-electron chi connectivity index (χ3n) is 2.45. The second-order valence-corrected chi connectivity index (χ2v) is 3.59. The Kier molecular flexibility index (Phi) is 2.64. The van der Waals surface area contributed by atoms with Crippen molar-refractivity contribution >= 4 is 6.21 Å². The van der Waals surface area contributed by atoms with E-state index >= 15 is 0 Å². The first-order chi connectivity index (χ1) is 6.40. The summed E-state index contributed by atoms with van der Waals surface area (Å²) in [4.78, 5) is 4.47. The van der Waals surface area contributed by atoms with Crippen LogP contribution in [0.5, 0.6) is 0 Å². The van der Waals surface area contributed by atoms with Gasteiger partial charge in [-0.05, 0) is 25.8 Å². The molecular weight excluding hydrogens is 164 g/mol. The first-order valence-electron chi connectivity index (χ1n) is 4.90. The molecule has 3 heteroatoms. The second-order valence-electron chi connectivity index (χ2n) is 3.59. The molecule has 1 aliphatic carbocycles. The Morgan fingerprint density at radius 1 is 1.54 bits per heavy atom. The van der Waals surface area contributed by atoms with Crippen LogP contribution >= 0.6 is 0 Å². The maximum absolute atomic E-state index is 5.28. The Labute approximate surface area is 78.9 Å². The molecule has 0 aromatic heterocycles. The van der Waals surface area contributed by atoms with Crippen LogP contribution in [0.25, 0.3) is 0 Å². The lowest BCUT2D eigenvalue weighted by Gasteiger charge is -2.17. The summed E-state index contributed by atoms with van der Waals surface area (Å²) >= 11 is 0. The summed E-state index contributed by atoms with van der Waals surface area (Å²) < 4.78 is 5.28. The van der Waals surface area contributed by atoms with E-state index in [-0.39, 0.29) is 0 Å². The highest BCUT2D eigenvalue weighted by molar-refractivity contribution is 5.80. The molecule has 0 aromatic carbocycles. The number of aliphatic imine (C=N–C) groups is 1. The van der Waals surface area contributed by atoms with Gasteiger partial charge in [0.05, 0.1) is 19.7 Å². The average Bonchev–Trinajstić information content (AvgIpc) is 2.99. The first-order valence-corrected chi connectivity index (χ1v) is 4.90. The summed E-state index contributed by atoms with van der Waals surface area (Å²) in [6, 6.07) is 0.612. The lowest BCUT2D eigenvalue weighted by atomic mass is 10.1. The normalized spacial score (nSPS) is 24.1. The molecule has 0 atom stereocenters. The number of hydrogen-bond acceptors (Lipinski definition) is 3. The Balaban J connectivity index is 2.02. The average molecular weight is 180 g/mol. The Hall–Kier alpha value is -0.830. The van der Waals surface area contributed by atoms with E-state index in [4.69, 9.17) is 4.74 Å². The van der Waals surface area contributed by atoms with E-state index in [9.17, 15) is 0 Å². The monoisotopic (exact) mass is 180 g/mol. The van der Waals surface area contributed by atoms with Crippen molar-refractivity contribution in [3.05, 3.63) is 11.3 Å². The molecule has 1 aliphatic heterocycles. The van der Waals surface area contributed by atoms with Gasteiger partial charge < -0.3 is 10.1 Å². The number of methoxy groups -OCH3 is 1. The third kappa shape index (κ3) is 2.31. The molecule has 3 nitrogen and oxygen atoms in total. The molecule has 13 heavy (non-hydrogen) atoms. The Bertz CT molecular complexity index is 241. The van der Waals surface area contributed by atoms with E-state index in [1.165, 1.54) is 18.4 Å². The van der Waals surface area contributed by atoms with E-state index in [2.05, 4.69) is 10.3 Å². The quantitative estimate of drug-likeness (QED) is 0.660. The van der Waals surface area contributed by atoms with E-state index in [1.807, 2.05) is 6.21 Å². The summed E-state index contributed by atoms with van der Waals surface area (Å²) in [7, 11) is 1.73. The standard InChI is InChI=1S/C10H16N2O/c1-13-10-7-11-5-4-8(10)6-12-9-2-3-9/h6,9,11H,2-5,7H2,1H3. The maximum atomic E-state index is 5.28. The topological polar surface area (TPSA) is 33.6 Å². The molecule has 0 bridgehead atoms. The number of nitrogens with zero attached hydrogens (tertiary/aromatic N) is 1. The van der Waals surface area contributed by atoms with Crippen LogP contribution in [0, 0.1) is 0 Å². The number of hydrogen-bond donors (Lipinski definition) is 1. The Morgan fingerprint density at radius 3 is 3.08 bits per heavy atom. The summed E-state index contributed by atoms with van der Waals surface area (Å²) in [5, 5.41) is 3.27. The maximum Gasteiger partial charge on any atom is 0.114 e. The van der Waals surface area contributed by atoms with Gasteiger partial charge in [0, 0.05) is 11.8 Å². The molecule has 0 unspecified atom stereocenters. The van der Waals surface area contributed by atoms with Gasteiger partial charge in [-0.3, -0.25) is 4.99 Å². The number of nitrogens with one attached hydrogen (secondary N) is 1. The van der Waals surface area contributed by atoms with Crippen molar-refractivity contribution in [1.29, 1.82) is 0 Å². The van der Waals surface area contributed by atoms with Crippen LogP contribution in [0.2, 0.25) is 0 Å². The Morgan fingerprint density at radius 2 is 2.38 bits per heavy atom. The lowest BCUT2D eigenvalue weighted by Crippen LogP contribution is -2.26. The summed E-state index contributed by atoms with van der Waals surface area (Å²) in [5.74, 6) is 1.05. The van der Waals surface area contributed by atoms with Crippen molar-refractivity contribution in [2.45, 2.75) is 25.3 Å². The largest absolute Gasteiger partial charge is 0.499 e. The smallest absolute Gasteiger partial charge is 0.114 e. The molecule has 0 radical (unpaired) electrons. The zero-order valence-corrected chi connectivity index (χ0v) is 8.05. The van der Waals surface area contributed by atoms with Gasteiger partial charge in [0.1, 0.15) is 5.76 Å². The molecule has 0 aromatic rings. The minimum absolute atomic E-state index is 0.612. The van der Waals surface area contributed by atoms with Gasteiger partial charge in [0.2, 0.25) is 0 Å². The van der Waals surface area contributed by atoms with Crippen LogP contribution in [0.1, 0.15) is 19.3 Å². The molecule has 0 saturated heterocycles. The fourth-order valence-electron chi connectivity index (χ4n) is 1.44. The second kappa shape index (κ2) is 3.92. The fraction of sp³-hybridized carbons (Fsp3) is 0.700. The van der Waals surface area contributed by atoms with Crippen molar-refractivity contribution in [2.24, 2.45) is 4.99 Å². The summed E-state index contributed by atoms with van der Waals surface area (Å²) in [6.07, 6.45) is 5.59. The van der Waals surface area contributed by atoms with E-state index in [0.29, 0.717) is 6.04 Å². The molecule has 72 valence electrons. The van der Waals surface area contributed by atoms with Crippen LogP contribution < -0.4 is 5.32 Å². The van der Waals surface area contributed by atoms with Crippen LogP contribution in [-0.4, -0.2) is 32.5 Å². The van der Waals surface area contributed by atoms with E-state index in [1.54, 1.807) is 7.11 Å². The number of rotatable bonds is 3. The van der Waals surface area contributed by atoms with Crippen molar-refractivity contribution in [2.75, 3.05) is 20.2 Å². The molecule has 1 fully saturated rings. The van der Waals surface area contributed by atoms with Crippen molar-refractivity contribution < 1.29 is 4.74 Å². The minimum atomic E-state index is 0.612. The highest BCUT2D eigenvalue weighted by Gasteiger charge is 2.19. The predicted octanol–water partition coefficient (Wildman–Crippen LogP) is 1.11. The molecule has 1 heterocycles. The van der Waals surface area contributed by atoms with E-state index in [0.717, 1.165) is 25.3 Å². The first kappa shape index (κ1) is 8.75. The summed E-state index contributed by atoms with van der Waals surface area (Å²) in [6.45, 7) is 1.89. The van der Waals surface area contributed by atoms with Gasteiger partial charge in [-0.15, -0.1) is 0 Å². The van der Waals surface area contributed by atoms with Gasteiger partial charge in [-0.2, -0.15) is 0 Å². The van der Waals surface area contributed by atoms with Crippen LogP contribution in [0.3, 0.4) is 0 Å². The zero-order chi connectivity index (χ0) is 9.10. The molecule has 2 rings (SSSR count). The predicted molar refractivity (Wildman–Crippen MR) is 53.0 cm³/mol. The van der Waals surface area contributed by atoms with E-state index < -0.39 is 0 Å². The molecule has 1 saturated carbocycles. The van der Waals surface area contributed by atoms with Gasteiger partial charge in [-0.1, -0.05) is 0 Å². The van der Waals surface area contributed by atoms with Crippen molar-refractivity contribution in [3.8, 4) is 0 Å². The van der Waals surface area contributed by atoms with Gasteiger partial charge in [0.15, 0.2) is 0 Å². The molecule has 1 N–H and O–H groups in total.